The Morgan fingerprint density at radius 2 is 1.55 bits per heavy atom. The topological polar surface area (TPSA) is 40.5 Å². The molecule has 0 heterocycles. The summed E-state index contributed by atoms with van der Waals surface area (Å²) < 4.78 is 0.988. The molecule has 2 nitrogen and oxygen atoms in total. The van der Waals surface area contributed by atoms with Gasteiger partial charge in [-0.25, -0.2) is 0 Å². The van der Waals surface area contributed by atoms with Crippen LogP contribution in [-0.2, 0) is 11.8 Å². The van der Waals surface area contributed by atoms with Gasteiger partial charge in [-0.1, -0.05) is 52.3 Å². The molecule has 0 unspecified atom stereocenters. The molecule has 0 amide bonds. The molecule has 0 aliphatic carbocycles. The molecule has 2 N–H and O–H groups in total. The van der Waals surface area contributed by atoms with Crippen molar-refractivity contribution in [3.05, 3.63) is 69.7 Å². The molecule has 0 aliphatic heterocycles. The average Bonchev–Trinajstić information content (AvgIpc) is 2.48. The number of rotatable bonds is 5. The fourth-order valence-electron chi connectivity index (χ4n) is 2.42. The third-order valence-electron chi connectivity index (χ3n) is 3.85. The van der Waals surface area contributed by atoms with E-state index in [1.54, 1.807) is 0 Å². The molecule has 0 saturated heterocycles. The van der Waals surface area contributed by atoms with Crippen LogP contribution in [0.5, 0.6) is 0 Å². The molecule has 0 fully saturated rings. The van der Waals surface area contributed by atoms with Crippen LogP contribution in [0, 0.1) is 6.92 Å². The van der Waals surface area contributed by atoms with Crippen molar-refractivity contribution in [1.29, 1.82) is 0 Å². The van der Waals surface area contributed by atoms with Crippen molar-refractivity contribution in [2.45, 2.75) is 18.8 Å². The molecule has 0 aromatic heterocycles. The Balaban J connectivity index is 2.39. The first-order valence-electron chi connectivity index (χ1n) is 6.63. The lowest BCUT2D eigenvalue weighted by molar-refractivity contribution is 0.116. The molecule has 2 aromatic carbocycles. The summed E-state index contributed by atoms with van der Waals surface area (Å²) in [5.41, 5.74) is 2.63. The molecule has 0 atom stereocenters. The lowest BCUT2D eigenvalue weighted by Crippen LogP contribution is -2.37. The van der Waals surface area contributed by atoms with Gasteiger partial charge in [0.05, 0.1) is 13.2 Å². The zero-order valence-electron chi connectivity index (χ0n) is 11.5. The minimum Gasteiger partial charge on any atom is -0.395 e. The molecule has 0 spiro atoms. The van der Waals surface area contributed by atoms with E-state index in [2.05, 4.69) is 28.9 Å². The van der Waals surface area contributed by atoms with Gasteiger partial charge in [-0.15, -0.1) is 0 Å². The van der Waals surface area contributed by atoms with Crippen LogP contribution >= 0.6 is 15.9 Å². The SMILES string of the molecule is Cc1ccccc1CC(CO)(CO)c1ccc(Br)cc1. The normalized spacial score (nSPS) is 11.6. The van der Waals surface area contributed by atoms with Gasteiger partial charge in [0.25, 0.3) is 0 Å². The van der Waals surface area contributed by atoms with E-state index < -0.39 is 5.41 Å². The van der Waals surface area contributed by atoms with Gasteiger partial charge in [0.1, 0.15) is 0 Å². The van der Waals surface area contributed by atoms with Gasteiger partial charge in [0.2, 0.25) is 0 Å². The summed E-state index contributed by atoms with van der Waals surface area (Å²) in [5.74, 6) is 0. The number of benzene rings is 2. The molecule has 106 valence electrons. The maximum absolute atomic E-state index is 9.88. The number of hydrogen-bond acceptors (Lipinski definition) is 2. The van der Waals surface area contributed by atoms with E-state index in [0.29, 0.717) is 6.42 Å². The second-order valence-corrected chi connectivity index (χ2v) is 6.12. The number of halogens is 1. The predicted octanol–water partition coefficient (Wildman–Crippen LogP) is 3.22. The monoisotopic (exact) mass is 334 g/mol. The van der Waals surface area contributed by atoms with Gasteiger partial charge < -0.3 is 10.2 Å². The van der Waals surface area contributed by atoms with Crippen LogP contribution in [0.2, 0.25) is 0 Å². The minimum atomic E-state index is -0.646. The van der Waals surface area contributed by atoms with Gasteiger partial charge in [-0.05, 0) is 42.2 Å². The van der Waals surface area contributed by atoms with Crippen molar-refractivity contribution in [1.82, 2.24) is 0 Å². The first-order chi connectivity index (χ1) is 9.61. The van der Waals surface area contributed by atoms with Gasteiger partial charge in [-0.3, -0.25) is 0 Å². The average molecular weight is 335 g/mol. The molecule has 2 aromatic rings. The van der Waals surface area contributed by atoms with Gasteiger partial charge in [0, 0.05) is 9.89 Å². The first kappa shape index (κ1) is 15.2. The lowest BCUT2D eigenvalue weighted by atomic mass is 9.76. The Morgan fingerprint density at radius 1 is 0.950 bits per heavy atom. The van der Waals surface area contributed by atoms with E-state index in [1.165, 1.54) is 5.56 Å². The highest BCUT2D eigenvalue weighted by molar-refractivity contribution is 9.10. The van der Waals surface area contributed by atoms with E-state index in [4.69, 9.17) is 0 Å². The predicted molar refractivity (Wildman–Crippen MR) is 84.9 cm³/mol. The molecule has 0 radical (unpaired) electrons. The van der Waals surface area contributed by atoms with Crippen LogP contribution in [0.1, 0.15) is 16.7 Å². The molecule has 3 heteroatoms. The second kappa shape index (κ2) is 6.53. The van der Waals surface area contributed by atoms with Crippen LogP contribution in [0.3, 0.4) is 0 Å². The Hall–Kier alpha value is -1.16. The van der Waals surface area contributed by atoms with Crippen molar-refractivity contribution in [2.75, 3.05) is 13.2 Å². The summed E-state index contributed by atoms with van der Waals surface area (Å²) in [6, 6.07) is 15.9. The number of hydrogen-bond donors (Lipinski definition) is 2. The van der Waals surface area contributed by atoms with Gasteiger partial charge in [-0.2, -0.15) is 0 Å². The van der Waals surface area contributed by atoms with Crippen molar-refractivity contribution in [3.8, 4) is 0 Å². The van der Waals surface area contributed by atoms with Crippen LogP contribution in [0.15, 0.2) is 53.0 Å². The molecule has 0 saturated carbocycles. The Kier molecular flexibility index (Phi) is 4.97. The highest BCUT2D eigenvalue weighted by atomic mass is 79.9. The van der Waals surface area contributed by atoms with Gasteiger partial charge >= 0.3 is 0 Å². The van der Waals surface area contributed by atoms with E-state index in [9.17, 15) is 10.2 Å². The standard InChI is InChI=1S/C17H19BrO2/c1-13-4-2-3-5-14(13)10-17(11-19,12-20)15-6-8-16(18)9-7-15/h2-9,19-20H,10-12H2,1H3. The van der Waals surface area contributed by atoms with E-state index in [1.807, 2.05) is 42.5 Å². The third kappa shape index (κ3) is 3.11. The Labute approximate surface area is 128 Å². The summed E-state index contributed by atoms with van der Waals surface area (Å²) in [6.07, 6.45) is 0.619. The molecular formula is C17H19BrO2. The highest BCUT2D eigenvalue weighted by Gasteiger charge is 2.31. The lowest BCUT2D eigenvalue weighted by Gasteiger charge is -2.31. The quantitative estimate of drug-likeness (QED) is 0.881. The Bertz CT molecular complexity index is 559. The Morgan fingerprint density at radius 3 is 2.10 bits per heavy atom. The fraction of sp³-hybridized carbons (Fsp3) is 0.294. The summed E-state index contributed by atoms with van der Waals surface area (Å²) >= 11 is 3.41. The summed E-state index contributed by atoms with van der Waals surface area (Å²) in [5, 5.41) is 19.8. The molecular weight excluding hydrogens is 316 g/mol. The second-order valence-electron chi connectivity index (χ2n) is 5.21. The van der Waals surface area contributed by atoms with Gasteiger partial charge in [0.15, 0.2) is 0 Å². The summed E-state index contributed by atoms with van der Waals surface area (Å²) in [7, 11) is 0. The van der Waals surface area contributed by atoms with Crippen LogP contribution < -0.4 is 0 Å². The van der Waals surface area contributed by atoms with Crippen LogP contribution in [0.25, 0.3) is 0 Å². The van der Waals surface area contributed by atoms with Crippen molar-refractivity contribution in [3.63, 3.8) is 0 Å². The fourth-order valence-corrected chi connectivity index (χ4v) is 2.69. The molecule has 0 aliphatic rings. The van der Waals surface area contributed by atoms with Crippen LogP contribution in [0.4, 0.5) is 0 Å². The number of aryl methyl sites for hydroxylation is 1. The largest absolute Gasteiger partial charge is 0.395 e. The molecule has 2 rings (SSSR count). The van der Waals surface area contributed by atoms with E-state index in [-0.39, 0.29) is 13.2 Å². The summed E-state index contributed by atoms with van der Waals surface area (Å²) in [4.78, 5) is 0. The summed E-state index contributed by atoms with van der Waals surface area (Å²) in [6.45, 7) is 1.88. The zero-order valence-corrected chi connectivity index (χ0v) is 13.1. The molecule has 0 bridgehead atoms. The minimum absolute atomic E-state index is 0.0839. The zero-order chi connectivity index (χ0) is 14.6. The first-order valence-corrected chi connectivity index (χ1v) is 7.43. The van der Waals surface area contributed by atoms with Crippen LogP contribution in [-0.4, -0.2) is 23.4 Å². The third-order valence-corrected chi connectivity index (χ3v) is 4.38. The molecule has 20 heavy (non-hydrogen) atoms. The van der Waals surface area contributed by atoms with E-state index >= 15 is 0 Å². The highest BCUT2D eigenvalue weighted by Crippen LogP contribution is 2.30. The van der Waals surface area contributed by atoms with Crippen molar-refractivity contribution < 1.29 is 10.2 Å². The number of aliphatic hydroxyl groups excluding tert-OH is 2. The maximum atomic E-state index is 9.88. The van der Waals surface area contributed by atoms with E-state index in [0.717, 1.165) is 15.6 Å². The smallest absolute Gasteiger partial charge is 0.0553 e. The number of aliphatic hydroxyl groups is 2. The van der Waals surface area contributed by atoms with Crippen molar-refractivity contribution >= 4 is 15.9 Å². The van der Waals surface area contributed by atoms with Crippen molar-refractivity contribution in [2.24, 2.45) is 0 Å². The maximum Gasteiger partial charge on any atom is 0.0553 e.